The maximum absolute atomic E-state index is 5.39. The number of benzene rings is 6. The van der Waals surface area contributed by atoms with Crippen molar-refractivity contribution in [2.75, 3.05) is 0 Å². The molecule has 0 spiro atoms. The van der Waals surface area contributed by atoms with Gasteiger partial charge in [0.05, 0.1) is 16.7 Å². The van der Waals surface area contributed by atoms with Crippen LogP contribution in [0.1, 0.15) is 31.9 Å². The second kappa shape index (κ2) is 10.6. The van der Waals surface area contributed by atoms with Gasteiger partial charge in [-0.2, -0.15) is 0 Å². The molecular formula is C42H34N2S. The minimum absolute atomic E-state index is 0.0336. The molecule has 2 heterocycles. The van der Waals surface area contributed by atoms with Gasteiger partial charge in [0.1, 0.15) is 5.82 Å². The summed E-state index contributed by atoms with van der Waals surface area (Å²) in [5.74, 6) is 0.965. The molecule has 3 heteroatoms. The largest absolute Gasteiger partial charge is 0.291 e. The van der Waals surface area contributed by atoms with Crippen LogP contribution in [0, 0.1) is 6.92 Å². The molecule has 0 saturated heterocycles. The van der Waals surface area contributed by atoms with Crippen LogP contribution < -0.4 is 0 Å². The molecule has 0 saturated carbocycles. The van der Waals surface area contributed by atoms with Crippen LogP contribution in [0.25, 0.3) is 71.2 Å². The summed E-state index contributed by atoms with van der Waals surface area (Å²) >= 11 is 1.80. The van der Waals surface area contributed by atoms with Gasteiger partial charge in [-0.1, -0.05) is 112 Å². The zero-order chi connectivity index (χ0) is 30.7. The summed E-state index contributed by atoms with van der Waals surface area (Å²) in [4.78, 5) is 5.39. The third-order valence-corrected chi connectivity index (χ3v) is 9.91. The first-order valence-corrected chi connectivity index (χ1v) is 16.4. The molecule has 8 aromatic rings. The number of nitrogens with zero attached hydrogens (tertiary/aromatic N) is 2. The van der Waals surface area contributed by atoms with Gasteiger partial charge in [-0.25, -0.2) is 4.98 Å². The average molecular weight is 599 g/mol. The van der Waals surface area contributed by atoms with E-state index in [2.05, 4.69) is 165 Å². The van der Waals surface area contributed by atoms with Crippen LogP contribution in [0.5, 0.6) is 0 Å². The van der Waals surface area contributed by atoms with Crippen molar-refractivity contribution in [1.82, 2.24) is 9.55 Å². The van der Waals surface area contributed by atoms with Crippen molar-refractivity contribution in [2.24, 2.45) is 0 Å². The lowest BCUT2D eigenvalue weighted by molar-refractivity contribution is 0.590. The van der Waals surface area contributed by atoms with Crippen LogP contribution in [0.3, 0.4) is 0 Å². The van der Waals surface area contributed by atoms with Crippen molar-refractivity contribution in [2.45, 2.75) is 33.1 Å². The van der Waals surface area contributed by atoms with Gasteiger partial charge in [-0.3, -0.25) is 4.57 Å². The van der Waals surface area contributed by atoms with E-state index >= 15 is 0 Å². The van der Waals surface area contributed by atoms with E-state index in [1.54, 1.807) is 11.3 Å². The summed E-state index contributed by atoms with van der Waals surface area (Å²) in [6.45, 7) is 9.09. The van der Waals surface area contributed by atoms with E-state index in [1.807, 2.05) is 0 Å². The van der Waals surface area contributed by atoms with E-state index in [1.165, 1.54) is 54.2 Å². The van der Waals surface area contributed by atoms with Crippen molar-refractivity contribution >= 4 is 43.2 Å². The van der Waals surface area contributed by atoms with Gasteiger partial charge in [0, 0.05) is 32.2 Å². The highest BCUT2D eigenvalue weighted by atomic mass is 32.1. The van der Waals surface area contributed by atoms with Gasteiger partial charge in [-0.05, 0) is 81.8 Å². The van der Waals surface area contributed by atoms with Crippen molar-refractivity contribution in [3.63, 3.8) is 0 Å². The number of rotatable bonds is 4. The third-order valence-electron chi connectivity index (χ3n) is 8.96. The molecule has 0 amide bonds. The third kappa shape index (κ3) is 4.67. The quantitative estimate of drug-likeness (QED) is 0.197. The van der Waals surface area contributed by atoms with Crippen molar-refractivity contribution in [3.8, 4) is 39.3 Å². The molecular weight excluding hydrogens is 565 g/mol. The Labute approximate surface area is 268 Å². The molecule has 6 aromatic carbocycles. The van der Waals surface area contributed by atoms with Crippen LogP contribution in [-0.4, -0.2) is 9.55 Å². The van der Waals surface area contributed by atoms with Gasteiger partial charge in [0.25, 0.3) is 0 Å². The number of aromatic nitrogens is 2. The SMILES string of the molecule is Cc1cccc2cc3c(-c4nc5ccccc5n4-c4c(-c5ccccc5)cc(C(C)(C)C)cc4-c4ccccc4)csc3cc12. The highest BCUT2D eigenvalue weighted by Gasteiger charge is 2.26. The Kier molecular flexibility index (Phi) is 6.47. The Balaban J connectivity index is 1.53. The van der Waals surface area contributed by atoms with Crippen molar-refractivity contribution in [1.29, 1.82) is 0 Å². The smallest absolute Gasteiger partial charge is 0.147 e. The summed E-state index contributed by atoms with van der Waals surface area (Å²) in [7, 11) is 0. The van der Waals surface area contributed by atoms with E-state index in [0.717, 1.165) is 28.1 Å². The minimum Gasteiger partial charge on any atom is -0.291 e. The summed E-state index contributed by atoms with van der Waals surface area (Å²) in [5, 5.41) is 6.10. The molecule has 0 aliphatic heterocycles. The Bertz CT molecular complexity index is 2290. The molecule has 0 aliphatic rings. The Hall–Kier alpha value is -4.99. The summed E-state index contributed by atoms with van der Waals surface area (Å²) < 4.78 is 3.70. The molecule has 0 bridgehead atoms. The van der Waals surface area contributed by atoms with Crippen molar-refractivity contribution < 1.29 is 0 Å². The molecule has 2 aromatic heterocycles. The van der Waals surface area contributed by atoms with Gasteiger partial charge >= 0.3 is 0 Å². The van der Waals surface area contributed by atoms with Gasteiger partial charge < -0.3 is 0 Å². The number of hydrogen-bond acceptors (Lipinski definition) is 2. The standard InChI is InChI=1S/C42H34N2S/c1-27-14-13-19-30-22-35-36(26-45-39(35)25-32(27)30)41-43-37-20-11-12-21-38(37)44(41)40-33(28-15-7-5-8-16-28)23-31(42(2,3)4)24-34(40)29-17-9-6-10-18-29/h5-26H,1-4H3. The predicted octanol–water partition coefficient (Wildman–Crippen LogP) is 12.0. The molecule has 2 nitrogen and oxygen atoms in total. The van der Waals surface area contributed by atoms with Gasteiger partial charge in [0.15, 0.2) is 0 Å². The fourth-order valence-electron chi connectivity index (χ4n) is 6.55. The predicted molar refractivity (Wildman–Crippen MR) is 194 cm³/mol. The second-order valence-electron chi connectivity index (χ2n) is 13.0. The fraction of sp³-hybridized carbons (Fsp3) is 0.119. The number of fused-ring (bicyclic) bond motifs is 3. The second-order valence-corrected chi connectivity index (χ2v) is 13.9. The zero-order valence-electron chi connectivity index (χ0n) is 26.0. The molecule has 0 fully saturated rings. The molecule has 218 valence electrons. The molecule has 0 radical (unpaired) electrons. The first-order chi connectivity index (χ1) is 21.9. The van der Waals surface area contributed by atoms with E-state index < -0.39 is 0 Å². The summed E-state index contributed by atoms with van der Waals surface area (Å²) in [6.07, 6.45) is 0. The number of thiophene rings is 1. The first-order valence-electron chi connectivity index (χ1n) is 15.5. The highest BCUT2D eigenvalue weighted by molar-refractivity contribution is 7.17. The lowest BCUT2D eigenvalue weighted by atomic mass is 9.82. The molecule has 0 atom stereocenters. The first kappa shape index (κ1) is 27.6. The normalized spacial score (nSPS) is 12.0. The number of hydrogen-bond donors (Lipinski definition) is 0. The Morgan fingerprint density at radius 3 is 1.93 bits per heavy atom. The Morgan fingerprint density at radius 2 is 1.27 bits per heavy atom. The van der Waals surface area contributed by atoms with Crippen LogP contribution >= 0.6 is 11.3 Å². The summed E-state index contributed by atoms with van der Waals surface area (Å²) in [6, 6.07) is 46.3. The fourth-order valence-corrected chi connectivity index (χ4v) is 7.50. The number of para-hydroxylation sites is 2. The Morgan fingerprint density at radius 1 is 0.622 bits per heavy atom. The molecule has 0 unspecified atom stereocenters. The van der Waals surface area contributed by atoms with Crippen LogP contribution in [0.4, 0.5) is 0 Å². The monoisotopic (exact) mass is 598 g/mol. The molecule has 8 rings (SSSR count). The minimum atomic E-state index is -0.0336. The highest BCUT2D eigenvalue weighted by Crippen LogP contribution is 2.45. The molecule has 45 heavy (non-hydrogen) atoms. The van der Waals surface area contributed by atoms with E-state index in [-0.39, 0.29) is 5.41 Å². The zero-order valence-corrected chi connectivity index (χ0v) is 26.8. The average Bonchev–Trinajstić information content (AvgIpc) is 3.65. The van der Waals surface area contributed by atoms with Crippen LogP contribution in [-0.2, 0) is 5.41 Å². The maximum atomic E-state index is 5.39. The molecule has 0 N–H and O–H groups in total. The van der Waals surface area contributed by atoms with Gasteiger partial charge in [0.2, 0.25) is 0 Å². The topological polar surface area (TPSA) is 17.8 Å². The summed E-state index contributed by atoms with van der Waals surface area (Å²) in [5.41, 5.74) is 11.8. The number of imidazole rings is 1. The number of aryl methyl sites for hydroxylation is 1. The molecule has 0 aliphatic carbocycles. The lowest BCUT2D eigenvalue weighted by Gasteiger charge is -2.26. The van der Waals surface area contributed by atoms with Crippen molar-refractivity contribution in [3.05, 3.63) is 144 Å². The van der Waals surface area contributed by atoms with E-state index in [9.17, 15) is 0 Å². The van der Waals surface area contributed by atoms with E-state index in [0.29, 0.717) is 0 Å². The lowest BCUT2D eigenvalue weighted by Crippen LogP contribution is -2.13. The van der Waals surface area contributed by atoms with Crippen LogP contribution in [0.15, 0.2) is 133 Å². The van der Waals surface area contributed by atoms with Gasteiger partial charge in [-0.15, -0.1) is 11.3 Å². The van der Waals surface area contributed by atoms with Crippen LogP contribution in [0.2, 0.25) is 0 Å². The van der Waals surface area contributed by atoms with E-state index in [4.69, 9.17) is 4.98 Å². The maximum Gasteiger partial charge on any atom is 0.147 e.